The Morgan fingerprint density at radius 2 is 1.69 bits per heavy atom. The van der Waals surface area contributed by atoms with Crippen LogP contribution in [0.5, 0.6) is 5.88 Å². The summed E-state index contributed by atoms with van der Waals surface area (Å²) in [5, 5.41) is 9.97. The van der Waals surface area contributed by atoms with Crippen LogP contribution in [0, 0.1) is 5.82 Å². The van der Waals surface area contributed by atoms with Crippen LogP contribution in [0.1, 0.15) is 27.7 Å². The highest BCUT2D eigenvalue weighted by Crippen LogP contribution is 2.37. The number of ether oxygens (including phenoxy) is 3. The van der Waals surface area contributed by atoms with Crippen molar-refractivity contribution >= 4 is 23.6 Å². The van der Waals surface area contributed by atoms with E-state index in [2.05, 4.69) is 4.98 Å². The minimum Gasteiger partial charge on any atom is -0.470 e. The van der Waals surface area contributed by atoms with Crippen molar-refractivity contribution < 1.29 is 33.0 Å². The van der Waals surface area contributed by atoms with Gasteiger partial charge < -0.3 is 33.2 Å². The Morgan fingerprint density at radius 3 is 2.39 bits per heavy atom. The third-order valence-corrected chi connectivity index (χ3v) is 7.90. The molecule has 0 bridgehead atoms. The molecule has 0 saturated carbocycles. The molecular formula is C26H30BFN2O6. The van der Waals surface area contributed by atoms with Crippen LogP contribution in [0.4, 0.5) is 4.39 Å². The average molecular weight is 496 g/mol. The van der Waals surface area contributed by atoms with Crippen LogP contribution >= 0.6 is 0 Å². The summed E-state index contributed by atoms with van der Waals surface area (Å²) in [6.45, 7) is 8.58. The molecule has 190 valence electrons. The van der Waals surface area contributed by atoms with Crippen molar-refractivity contribution in [3.8, 4) is 17.1 Å². The third-order valence-electron chi connectivity index (χ3n) is 7.90. The zero-order valence-electron chi connectivity index (χ0n) is 21.0. The summed E-state index contributed by atoms with van der Waals surface area (Å²) in [6.07, 6.45) is -1.72. The van der Waals surface area contributed by atoms with Crippen LogP contribution in [0.3, 0.4) is 0 Å². The van der Waals surface area contributed by atoms with Gasteiger partial charge >= 0.3 is 7.12 Å². The lowest BCUT2D eigenvalue weighted by molar-refractivity contribution is 0.00578. The molecule has 0 amide bonds. The lowest BCUT2D eigenvalue weighted by Crippen LogP contribution is -2.41. The molecule has 8 nitrogen and oxygen atoms in total. The van der Waals surface area contributed by atoms with E-state index < -0.39 is 30.2 Å². The van der Waals surface area contributed by atoms with E-state index in [0.29, 0.717) is 29.1 Å². The Labute approximate surface area is 209 Å². The fraction of sp³-hybridized carbons (Fsp3) is 0.500. The van der Waals surface area contributed by atoms with Crippen LogP contribution in [-0.2, 0) is 25.8 Å². The van der Waals surface area contributed by atoms with Gasteiger partial charge in [-0.25, -0.2) is 9.37 Å². The zero-order valence-corrected chi connectivity index (χ0v) is 21.0. The molecular weight excluding hydrogens is 466 g/mol. The van der Waals surface area contributed by atoms with Gasteiger partial charge in [0.1, 0.15) is 24.0 Å². The number of benzene rings is 1. The highest BCUT2D eigenvalue weighted by atomic mass is 19.1. The first-order valence-electron chi connectivity index (χ1n) is 12.2. The second-order valence-electron chi connectivity index (χ2n) is 10.8. The van der Waals surface area contributed by atoms with Crippen molar-refractivity contribution in [2.75, 3.05) is 13.2 Å². The third kappa shape index (κ3) is 3.74. The van der Waals surface area contributed by atoms with E-state index in [1.54, 1.807) is 17.7 Å². The zero-order chi connectivity index (χ0) is 25.4. The highest BCUT2D eigenvalue weighted by molar-refractivity contribution is 6.62. The summed E-state index contributed by atoms with van der Waals surface area (Å²) in [4.78, 5) is 4.61. The van der Waals surface area contributed by atoms with Crippen molar-refractivity contribution in [2.24, 2.45) is 7.05 Å². The molecule has 36 heavy (non-hydrogen) atoms. The standard InChI is InChI=1S/C26H30BFN2O6/c1-25(2)26(3,4)36-27(35-25)15-8-6-14(7-9-15)22-16(28)10-18-17(29-22)11-21(30(18)5)34-20-13-33-23-19(31)12-32-24(20)23/h6-11,19-20,23-24,31H,12-13H2,1-5H3/t19-,20-,23?,24?/m1/s1. The molecule has 3 saturated heterocycles. The Hall–Kier alpha value is -2.50. The molecule has 1 aromatic carbocycles. The van der Waals surface area contributed by atoms with Crippen molar-refractivity contribution in [3.63, 3.8) is 0 Å². The molecule has 3 aliphatic rings. The number of aromatic nitrogens is 2. The number of hydrogen-bond donors (Lipinski definition) is 1. The molecule has 0 spiro atoms. The number of aryl methyl sites for hydroxylation is 1. The van der Waals surface area contributed by atoms with Crippen molar-refractivity contribution in [3.05, 3.63) is 42.2 Å². The first-order chi connectivity index (χ1) is 17.0. The Balaban J connectivity index is 1.25. The fourth-order valence-corrected chi connectivity index (χ4v) is 4.99. The normalized spacial score (nSPS) is 28.7. The quantitative estimate of drug-likeness (QED) is 0.556. The molecule has 3 aromatic rings. The van der Waals surface area contributed by atoms with Gasteiger partial charge in [-0.05, 0) is 33.2 Å². The lowest BCUT2D eigenvalue weighted by Gasteiger charge is -2.32. The maximum Gasteiger partial charge on any atom is 0.494 e. The summed E-state index contributed by atoms with van der Waals surface area (Å²) >= 11 is 0. The fourth-order valence-electron chi connectivity index (χ4n) is 4.99. The molecule has 0 aliphatic carbocycles. The molecule has 5 heterocycles. The number of halogens is 1. The predicted octanol–water partition coefficient (Wildman–Crippen LogP) is 2.58. The molecule has 2 aromatic heterocycles. The van der Waals surface area contributed by atoms with E-state index in [1.165, 1.54) is 6.07 Å². The Morgan fingerprint density at radius 1 is 1.03 bits per heavy atom. The van der Waals surface area contributed by atoms with Crippen LogP contribution in [-0.4, -0.2) is 70.6 Å². The van der Waals surface area contributed by atoms with Gasteiger partial charge in [-0.2, -0.15) is 0 Å². The van der Waals surface area contributed by atoms with E-state index in [0.717, 1.165) is 5.46 Å². The smallest absolute Gasteiger partial charge is 0.470 e. The van der Waals surface area contributed by atoms with Crippen molar-refractivity contribution in [1.82, 2.24) is 9.55 Å². The van der Waals surface area contributed by atoms with Gasteiger partial charge in [-0.15, -0.1) is 0 Å². The topological polar surface area (TPSA) is 84.2 Å². The molecule has 3 aliphatic heterocycles. The monoisotopic (exact) mass is 496 g/mol. The Bertz CT molecular complexity index is 1290. The largest absolute Gasteiger partial charge is 0.494 e. The van der Waals surface area contributed by atoms with Crippen molar-refractivity contribution in [2.45, 2.75) is 63.3 Å². The van der Waals surface area contributed by atoms with E-state index in [1.807, 2.05) is 52.0 Å². The molecule has 1 N–H and O–H groups in total. The number of pyridine rings is 1. The molecule has 0 radical (unpaired) electrons. The summed E-state index contributed by atoms with van der Waals surface area (Å²) < 4.78 is 46.6. The number of fused-ring (bicyclic) bond motifs is 2. The first-order valence-corrected chi connectivity index (χ1v) is 12.2. The molecule has 4 atom stereocenters. The van der Waals surface area contributed by atoms with Crippen LogP contribution < -0.4 is 10.2 Å². The van der Waals surface area contributed by atoms with Crippen LogP contribution in [0.25, 0.3) is 22.3 Å². The van der Waals surface area contributed by atoms with Crippen LogP contribution in [0.2, 0.25) is 0 Å². The number of hydrogen-bond acceptors (Lipinski definition) is 7. The van der Waals surface area contributed by atoms with E-state index >= 15 is 4.39 Å². The van der Waals surface area contributed by atoms with E-state index in [9.17, 15) is 5.11 Å². The number of nitrogens with zero attached hydrogens (tertiary/aromatic N) is 2. The predicted molar refractivity (Wildman–Crippen MR) is 132 cm³/mol. The van der Waals surface area contributed by atoms with Gasteiger partial charge in [0.2, 0.25) is 0 Å². The maximum absolute atomic E-state index is 15.2. The summed E-state index contributed by atoms with van der Waals surface area (Å²) in [5.74, 6) is 0.106. The number of rotatable bonds is 4. The summed E-state index contributed by atoms with van der Waals surface area (Å²) in [5.41, 5.74) is 2.14. The minimum atomic E-state index is -0.648. The van der Waals surface area contributed by atoms with E-state index in [4.69, 9.17) is 23.5 Å². The SMILES string of the molecule is Cn1c(O[C@@H]2COC3C2OC[C@H]3O)cc2nc(-c3ccc(B4OC(C)(C)C(C)(C)O4)cc3)c(F)cc21. The van der Waals surface area contributed by atoms with Gasteiger partial charge in [0.25, 0.3) is 0 Å². The Kier molecular flexibility index (Phi) is 5.48. The molecule has 10 heteroatoms. The highest BCUT2D eigenvalue weighted by Gasteiger charge is 2.52. The van der Waals surface area contributed by atoms with Gasteiger partial charge in [0.05, 0.1) is 35.4 Å². The molecule has 3 fully saturated rings. The second kappa shape index (κ2) is 8.26. The van der Waals surface area contributed by atoms with Crippen LogP contribution in [0.15, 0.2) is 36.4 Å². The second-order valence-corrected chi connectivity index (χ2v) is 10.8. The summed E-state index contributed by atoms with van der Waals surface area (Å²) in [6, 6.07) is 10.7. The number of aliphatic hydroxyl groups excluding tert-OH is 1. The van der Waals surface area contributed by atoms with E-state index in [-0.39, 0.29) is 30.6 Å². The van der Waals surface area contributed by atoms with Gasteiger partial charge in [0, 0.05) is 24.7 Å². The molecule has 6 rings (SSSR count). The van der Waals surface area contributed by atoms with Gasteiger partial charge in [0.15, 0.2) is 17.8 Å². The first kappa shape index (κ1) is 23.9. The maximum atomic E-state index is 15.2. The van der Waals surface area contributed by atoms with Gasteiger partial charge in [-0.1, -0.05) is 24.3 Å². The minimum absolute atomic E-state index is 0.230. The van der Waals surface area contributed by atoms with Crippen molar-refractivity contribution in [1.29, 1.82) is 0 Å². The van der Waals surface area contributed by atoms with Gasteiger partial charge in [-0.3, -0.25) is 0 Å². The molecule has 2 unspecified atom stereocenters. The summed E-state index contributed by atoms with van der Waals surface area (Å²) in [7, 11) is 1.32. The number of aliphatic hydroxyl groups is 1. The lowest BCUT2D eigenvalue weighted by atomic mass is 9.79. The average Bonchev–Trinajstić information content (AvgIpc) is 3.53.